The molecule has 1 fully saturated rings. The maximum atomic E-state index is 11.3. The van der Waals surface area contributed by atoms with Gasteiger partial charge in [0.25, 0.3) is 0 Å². The second-order valence-corrected chi connectivity index (χ2v) is 6.66. The zero-order valence-corrected chi connectivity index (χ0v) is 13.6. The Bertz CT molecular complexity index is 303. The Hall–Kier alpha value is -0.610. The Morgan fingerprint density at radius 2 is 2.05 bits per heavy atom. The lowest BCUT2D eigenvalue weighted by molar-refractivity contribution is -0.144. The number of aliphatic carboxylic acids is 1. The molecule has 0 bridgehead atoms. The molecule has 0 radical (unpaired) electrons. The molecule has 4 nitrogen and oxygen atoms in total. The monoisotopic (exact) mass is 284 g/mol. The molecule has 1 aliphatic carbocycles. The van der Waals surface area contributed by atoms with Crippen LogP contribution in [0.5, 0.6) is 0 Å². The van der Waals surface area contributed by atoms with Gasteiger partial charge in [-0.1, -0.05) is 6.92 Å². The van der Waals surface area contributed by atoms with Crippen LogP contribution in [0.3, 0.4) is 0 Å². The number of nitrogens with zero attached hydrogens (tertiary/aromatic N) is 1. The van der Waals surface area contributed by atoms with Crippen LogP contribution in [0.2, 0.25) is 0 Å². The van der Waals surface area contributed by atoms with Crippen LogP contribution in [0.15, 0.2) is 0 Å². The number of hydrogen-bond acceptors (Lipinski definition) is 3. The molecule has 1 aliphatic rings. The van der Waals surface area contributed by atoms with E-state index >= 15 is 0 Å². The standard InChI is InChI=1S/C16H32N2O2/c1-5-17-16(4,15(19)20)10-6-7-11-18(13(2)3)12-14-8-9-14/h13-14,17H,5-12H2,1-4H3,(H,19,20). The van der Waals surface area contributed by atoms with Gasteiger partial charge in [-0.05, 0) is 71.9 Å². The highest BCUT2D eigenvalue weighted by atomic mass is 16.4. The fourth-order valence-corrected chi connectivity index (χ4v) is 2.65. The first-order chi connectivity index (χ1) is 9.39. The normalized spacial score (nSPS) is 18.5. The Morgan fingerprint density at radius 3 is 2.50 bits per heavy atom. The lowest BCUT2D eigenvalue weighted by Gasteiger charge is -2.28. The van der Waals surface area contributed by atoms with Crippen molar-refractivity contribution < 1.29 is 9.90 Å². The van der Waals surface area contributed by atoms with E-state index in [9.17, 15) is 9.90 Å². The van der Waals surface area contributed by atoms with E-state index in [1.54, 1.807) is 6.92 Å². The highest BCUT2D eigenvalue weighted by Crippen LogP contribution is 2.30. The molecular formula is C16H32N2O2. The second-order valence-electron chi connectivity index (χ2n) is 6.66. The van der Waals surface area contributed by atoms with Gasteiger partial charge in [0.2, 0.25) is 0 Å². The molecule has 1 unspecified atom stereocenters. The van der Waals surface area contributed by atoms with Crippen molar-refractivity contribution in [1.29, 1.82) is 0 Å². The van der Waals surface area contributed by atoms with E-state index < -0.39 is 11.5 Å². The van der Waals surface area contributed by atoms with E-state index in [4.69, 9.17) is 0 Å². The van der Waals surface area contributed by atoms with Crippen molar-refractivity contribution in [3.05, 3.63) is 0 Å². The summed E-state index contributed by atoms with van der Waals surface area (Å²) in [6.07, 6.45) is 5.52. The van der Waals surface area contributed by atoms with E-state index in [0.29, 0.717) is 19.0 Å². The number of carboxylic acids is 1. The maximum absolute atomic E-state index is 11.3. The van der Waals surface area contributed by atoms with Gasteiger partial charge < -0.3 is 15.3 Å². The number of unbranched alkanes of at least 4 members (excludes halogenated alkanes) is 1. The first-order valence-corrected chi connectivity index (χ1v) is 8.11. The summed E-state index contributed by atoms with van der Waals surface area (Å²) in [6.45, 7) is 11.3. The van der Waals surface area contributed by atoms with Gasteiger partial charge in [0.15, 0.2) is 0 Å². The third kappa shape index (κ3) is 5.80. The minimum atomic E-state index is -0.770. The zero-order valence-electron chi connectivity index (χ0n) is 13.6. The zero-order chi connectivity index (χ0) is 15.2. The van der Waals surface area contributed by atoms with E-state index in [1.165, 1.54) is 19.4 Å². The predicted molar refractivity (Wildman–Crippen MR) is 83.0 cm³/mol. The lowest BCUT2D eigenvalue weighted by Crippen LogP contribution is -2.49. The van der Waals surface area contributed by atoms with E-state index in [0.717, 1.165) is 25.3 Å². The van der Waals surface area contributed by atoms with Crippen LogP contribution in [-0.4, -0.2) is 47.2 Å². The summed E-state index contributed by atoms with van der Waals surface area (Å²) in [5.74, 6) is 0.182. The van der Waals surface area contributed by atoms with Crippen molar-refractivity contribution >= 4 is 5.97 Å². The molecule has 0 saturated heterocycles. The van der Waals surface area contributed by atoms with Crippen molar-refractivity contribution in [2.75, 3.05) is 19.6 Å². The molecule has 20 heavy (non-hydrogen) atoms. The topological polar surface area (TPSA) is 52.6 Å². The highest BCUT2D eigenvalue weighted by molar-refractivity contribution is 5.78. The maximum Gasteiger partial charge on any atom is 0.323 e. The molecular weight excluding hydrogens is 252 g/mol. The molecule has 1 atom stereocenters. The van der Waals surface area contributed by atoms with E-state index in [-0.39, 0.29) is 0 Å². The molecule has 1 rings (SSSR count). The predicted octanol–water partition coefficient (Wildman–Crippen LogP) is 2.73. The summed E-state index contributed by atoms with van der Waals surface area (Å²) >= 11 is 0. The summed E-state index contributed by atoms with van der Waals surface area (Å²) in [5.41, 5.74) is -0.770. The van der Waals surface area contributed by atoms with Gasteiger partial charge >= 0.3 is 5.97 Å². The average Bonchev–Trinajstić information content (AvgIpc) is 3.16. The molecule has 4 heteroatoms. The minimum Gasteiger partial charge on any atom is -0.480 e. The van der Waals surface area contributed by atoms with Gasteiger partial charge in [0.1, 0.15) is 5.54 Å². The summed E-state index contributed by atoms with van der Waals surface area (Å²) in [7, 11) is 0. The molecule has 0 aliphatic heterocycles. The van der Waals surface area contributed by atoms with Gasteiger partial charge in [-0.2, -0.15) is 0 Å². The molecule has 118 valence electrons. The third-order valence-electron chi connectivity index (χ3n) is 4.33. The number of likely N-dealkylation sites (N-methyl/N-ethyl adjacent to an activating group) is 1. The third-order valence-corrected chi connectivity index (χ3v) is 4.33. The van der Waals surface area contributed by atoms with Crippen LogP contribution in [-0.2, 0) is 4.79 Å². The largest absolute Gasteiger partial charge is 0.480 e. The summed E-state index contributed by atoms with van der Waals surface area (Å²) in [5, 5.41) is 12.4. The van der Waals surface area contributed by atoms with Crippen molar-refractivity contribution in [3.63, 3.8) is 0 Å². The molecule has 0 heterocycles. The summed E-state index contributed by atoms with van der Waals surface area (Å²) < 4.78 is 0. The van der Waals surface area contributed by atoms with E-state index in [2.05, 4.69) is 24.1 Å². The molecule has 1 saturated carbocycles. The molecule has 2 N–H and O–H groups in total. The van der Waals surface area contributed by atoms with Crippen LogP contribution < -0.4 is 5.32 Å². The van der Waals surface area contributed by atoms with Gasteiger partial charge in [-0.3, -0.25) is 4.79 Å². The Balaban J connectivity index is 2.28. The van der Waals surface area contributed by atoms with E-state index in [1.807, 2.05) is 6.92 Å². The fraction of sp³-hybridized carbons (Fsp3) is 0.938. The van der Waals surface area contributed by atoms with Gasteiger partial charge in [-0.25, -0.2) is 0 Å². The quantitative estimate of drug-likeness (QED) is 0.573. The molecule has 0 aromatic heterocycles. The molecule has 0 spiro atoms. The first-order valence-electron chi connectivity index (χ1n) is 8.11. The highest BCUT2D eigenvalue weighted by Gasteiger charge is 2.31. The van der Waals surface area contributed by atoms with Crippen LogP contribution in [0.1, 0.15) is 59.8 Å². The molecule has 0 aromatic carbocycles. The number of carbonyl (C=O) groups is 1. The van der Waals surface area contributed by atoms with Gasteiger partial charge in [0.05, 0.1) is 0 Å². The summed E-state index contributed by atoms with van der Waals surface area (Å²) in [6, 6.07) is 0.593. The molecule has 0 aromatic rings. The molecule has 0 amide bonds. The number of rotatable bonds is 11. The Labute approximate surface area is 123 Å². The summed E-state index contributed by atoms with van der Waals surface area (Å²) in [4.78, 5) is 13.9. The number of hydrogen-bond donors (Lipinski definition) is 2. The lowest BCUT2D eigenvalue weighted by atomic mass is 9.94. The number of nitrogens with one attached hydrogen (secondary N) is 1. The number of carboxylic acid groups (broad SMARTS) is 1. The second kappa shape index (κ2) is 7.99. The van der Waals surface area contributed by atoms with Crippen molar-refractivity contribution in [3.8, 4) is 0 Å². The Kier molecular flexibility index (Phi) is 6.96. The average molecular weight is 284 g/mol. The van der Waals surface area contributed by atoms with Crippen molar-refractivity contribution in [2.24, 2.45) is 5.92 Å². The SMILES string of the molecule is CCNC(C)(CCCCN(CC1CC1)C(C)C)C(=O)O. The van der Waals surface area contributed by atoms with Crippen LogP contribution in [0.4, 0.5) is 0 Å². The minimum absolute atomic E-state index is 0.593. The van der Waals surface area contributed by atoms with Crippen molar-refractivity contribution in [2.45, 2.75) is 71.4 Å². The smallest absolute Gasteiger partial charge is 0.323 e. The van der Waals surface area contributed by atoms with Crippen LogP contribution in [0.25, 0.3) is 0 Å². The Morgan fingerprint density at radius 1 is 1.40 bits per heavy atom. The van der Waals surface area contributed by atoms with Crippen LogP contribution >= 0.6 is 0 Å². The van der Waals surface area contributed by atoms with Crippen molar-refractivity contribution in [1.82, 2.24) is 10.2 Å². The van der Waals surface area contributed by atoms with Gasteiger partial charge in [0, 0.05) is 12.6 Å². The van der Waals surface area contributed by atoms with Crippen LogP contribution in [0, 0.1) is 5.92 Å². The van der Waals surface area contributed by atoms with Gasteiger partial charge in [-0.15, -0.1) is 0 Å². The fourth-order valence-electron chi connectivity index (χ4n) is 2.65. The first kappa shape index (κ1) is 17.4.